The van der Waals surface area contributed by atoms with Gasteiger partial charge in [0.25, 0.3) is 11.6 Å². The Morgan fingerprint density at radius 3 is 2.52 bits per heavy atom. The van der Waals surface area contributed by atoms with Crippen LogP contribution in [0.15, 0.2) is 12.3 Å². The normalized spacial score (nSPS) is 10.1. The third-order valence-electron chi connectivity index (χ3n) is 2.76. The van der Waals surface area contributed by atoms with Crippen molar-refractivity contribution in [3.05, 3.63) is 33.1 Å². The van der Waals surface area contributed by atoms with E-state index in [1.807, 2.05) is 0 Å². The van der Waals surface area contributed by atoms with E-state index in [9.17, 15) is 19.7 Å². The number of carbonyl (C=O) groups is 2. The van der Waals surface area contributed by atoms with Crippen molar-refractivity contribution in [3.8, 4) is 0 Å². The Bertz CT molecular complexity index is 576. The lowest BCUT2D eigenvalue weighted by atomic mass is 10.2. The van der Waals surface area contributed by atoms with Crippen molar-refractivity contribution in [2.24, 2.45) is 0 Å². The van der Waals surface area contributed by atoms with Gasteiger partial charge in [0.05, 0.1) is 17.0 Å². The van der Waals surface area contributed by atoms with Crippen molar-refractivity contribution in [3.63, 3.8) is 0 Å². The van der Waals surface area contributed by atoms with Crippen LogP contribution in [0.25, 0.3) is 0 Å². The summed E-state index contributed by atoms with van der Waals surface area (Å²) in [4.78, 5) is 40.3. The zero-order valence-electron chi connectivity index (χ0n) is 11.9. The summed E-state index contributed by atoms with van der Waals surface area (Å²) in [7, 11) is 3.14. The second-order valence-corrected chi connectivity index (χ2v) is 4.75. The first kappa shape index (κ1) is 16.8. The molecule has 0 aliphatic heterocycles. The zero-order valence-corrected chi connectivity index (χ0v) is 12.6. The molecule has 0 aliphatic carbocycles. The van der Waals surface area contributed by atoms with E-state index < -0.39 is 10.8 Å². The number of pyridine rings is 1. The van der Waals surface area contributed by atoms with Crippen LogP contribution < -0.4 is 0 Å². The summed E-state index contributed by atoms with van der Waals surface area (Å²) in [6.45, 7) is 1.82. The van der Waals surface area contributed by atoms with Gasteiger partial charge in [-0.1, -0.05) is 11.6 Å². The van der Waals surface area contributed by atoms with Crippen molar-refractivity contribution in [1.82, 2.24) is 14.8 Å². The minimum Gasteiger partial charge on any atom is -0.347 e. The number of amides is 2. The lowest BCUT2D eigenvalue weighted by Gasteiger charge is -2.22. The summed E-state index contributed by atoms with van der Waals surface area (Å²) in [6, 6.07) is 1.06. The summed E-state index contributed by atoms with van der Waals surface area (Å²) in [5.41, 5.74) is -0.433. The Morgan fingerprint density at radius 1 is 1.43 bits per heavy atom. The minimum atomic E-state index is -0.665. The SMILES string of the molecule is CCN(CC(=O)N(C)C)C(=O)c1cc([N+](=O)[O-])cnc1Cl. The lowest BCUT2D eigenvalue weighted by molar-refractivity contribution is -0.385. The standard InChI is InChI=1S/C12H15ClN4O4/c1-4-16(7-10(18)15(2)3)12(19)9-5-8(17(20)21)6-14-11(9)13/h5-6H,4,7H2,1-3H3. The molecule has 9 heteroatoms. The topological polar surface area (TPSA) is 96.7 Å². The molecule has 1 heterocycles. The first-order valence-electron chi connectivity index (χ1n) is 6.07. The number of carbonyl (C=O) groups excluding carboxylic acids is 2. The van der Waals surface area contributed by atoms with Gasteiger partial charge < -0.3 is 9.80 Å². The third kappa shape index (κ3) is 4.12. The number of nitrogens with zero attached hydrogens (tertiary/aromatic N) is 4. The number of rotatable bonds is 5. The molecule has 0 N–H and O–H groups in total. The monoisotopic (exact) mass is 314 g/mol. The number of likely N-dealkylation sites (N-methyl/N-ethyl adjacent to an activating group) is 2. The molecule has 0 spiro atoms. The fourth-order valence-corrected chi connectivity index (χ4v) is 1.67. The quantitative estimate of drug-likeness (QED) is 0.462. The molecule has 21 heavy (non-hydrogen) atoms. The Kier molecular flexibility index (Phi) is 5.60. The molecule has 0 bridgehead atoms. The molecule has 0 saturated heterocycles. The summed E-state index contributed by atoms with van der Waals surface area (Å²) in [5.74, 6) is -0.839. The smallest absolute Gasteiger partial charge is 0.288 e. The molecule has 0 radical (unpaired) electrons. The van der Waals surface area contributed by atoms with Crippen molar-refractivity contribution in [1.29, 1.82) is 0 Å². The number of aromatic nitrogens is 1. The van der Waals surface area contributed by atoms with E-state index in [2.05, 4.69) is 4.98 Å². The molecule has 1 aromatic heterocycles. The zero-order chi connectivity index (χ0) is 16.2. The number of nitro groups is 1. The van der Waals surface area contributed by atoms with Crippen LogP contribution in [-0.2, 0) is 4.79 Å². The molecule has 2 amide bonds. The average molecular weight is 315 g/mol. The summed E-state index contributed by atoms with van der Waals surface area (Å²) in [6.07, 6.45) is 0.973. The van der Waals surface area contributed by atoms with Gasteiger partial charge in [0.15, 0.2) is 0 Å². The largest absolute Gasteiger partial charge is 0.347 e. The Labute approximate surface area is 126 Å². The predicted octanol–water partition coefficient (Wildman–Crippen LogP) is 1.19. The first-order chi connectivity index (χ1) is 9.77. The van der Waals surface area contributed by atoms with Gasteiger partial charge in [-0.25, -0.2) is 4.98 Å². The predicted molar refractivity (Wildman–Crippen MR) is 76.2 cm³/mol. The lowest BCUT2D eigenvalue weighted by Crippen LogP contribution is -2.40. The Balaban J connectivity index is 3.07. The molecule has 8 nitrogen and oxygen atoms in total. The van der Waals surface area contributed by atoms with E-state index in [0.29, 0.717) is 0 Å². The molecule has 0 aromatic carbocycles. The van der Waals surface area contributed by atoms with E-state index >= 15 is 0 Å². The number of halogens is 1. The van der Waals surface area contributed by atoms with Crippen LogP contribution in [0.5, 0.6) is 0 Å². The highest BCUT2D eigenvalue weighted by molar-refractivity contribution is 6.32. The maximum atomic E-state index is 12.3. The summed E-state index contributed by atoms with van der Waals surface area (Å²) >= 11 is 5.82. The Morgan fingerprint density at radius 2 is 2.05 bits per heavy atom. The van der Waals surface area contributed by atoms with Crippen molar-refractivity contribution >= 4 is 29.1 Å². The van der Waals surface area contributed by atoms with Crippen LogP contribution in [-0.4, -0.2) is 58.7 Å². The van der Waals surface area contributed by atoms with Crippen LogP contribution >= 0.6 is 11.6 Å². The third-order valence-corrected chi connectivity index (χ3v) is 3.06. The second kappa shape index (κ2) is 6.98. The van der Waals surface area contributed by atoms with Crippen LogP contribution in [0.1, 0.15) is 17.3 Å². The first-order valence-corrected chi connectivity index (χ1v) is 6.45. The molecule has 1 aromatic rings. The van der Waals surface area contributed by atoms with Crippen molar-refractivity contribution in [2.75, 3.05) is 27.2 Å². The highest BCUT2D eigenvalue weighted by Crippen LogP contribution is 2.20. The molecule has 0 saturated carbocycles. The fourth-order valence-electron chi connectivity index (χ4n) is 1.49. The second-order valence-electron chi connectivity index (χ2n) is 4.40. The maximum absolute atomic E-state index is 12.3. The summed E-state index contributed by atoms with van der Waals surface area (Å²) in [5, 5.41) is 10.6. The molecular formula is C12H15ClN4O4. The van der Waals surface area contributed by atoms with Crippen LogP contribution in [0.2, 0.25) is 5.15 Å². The molecule has 0 aliphatic rings. The molecule has 1 rings (SSSR count). The highest BCUT2D eigenvalue weighted by atomic mass is 35.5. The number of hydrogen-bond acceptors (Lipinski definition) is 5. The van der Waals surface area contributed by atoms with Crippen LogP contribution in [0, 0.1) is 10.1 Å². The van der Waals surface area contributed by atoms with E-state index in [0.717, 1.165) is 12.3 Å². The van der Waals surface area contributed by atoms with Crippen LogP contribution in [0.3, 0.4) is 0 Å². The minimum absolute atomic E-state index is 0.0979. The maximum Gasteiger partial charge on any atom is 0.288 e. The fraction of sp³-hybridized carbons (Fsp3) is 0.417. The number of hydrogen-bond donors (Lipinski definition) is 0. The van der Waals surface area contributed by atoms with Gasteiger partial charge in [-0.15, -0.1) is 0 Å². The van der Waals surface area contributed by atoms with E-state index in [1.54, 1.807) is 21.0 Å². The van der Waals surface area contributed by atoms with Gasteiger partial charge in [-0.05, 0) is 6.92 Å². The van der Waals surface area contributed by atoms with Crippen molar-refractivity contribution in [2.45, 2.75) is 6.92 Å². The molecule has 0 atom stereocenters. The molecule has 0 fully saturated rings. The highest BCUT2D eigenvalue weighted by Gasteiger charge is 2.23. The van der Waals surface area contributed by atoms with Gasteiger partial charge >= 0.3 is 0 Å². The average Bonchev–Trinajstić information content (AvgIpc) is 2.43. The van der Waals surface area contributed by atoms with Gasteiger partial charge in [-0.2, -0.15) is 0 Å². The van der Waals surface area contributed by atoms with Crippen molar-refractivity contribution < 1.29 is 14.5 Å². The Hall–Kier alpha value is -2.22. The van der Waals surface area contributed by atoms with Gasteiger partial charge in [-0.3, -0.25) is 19.7 Å². The molecule has 0 unspecified atom stereocenters. The van der Waals surface area contributed by atoms with Gasteiger partial charge in [0.2, 0.25) is 5.91 Å². The molecular weight excluding hydrogens is 300 g/mol. The van der Waals surface area contributed by atoms with Crippen LogP contribution in [0.4, 0.5) is 5.69 Å². The van der Waals surface area contributed by atoms with E-state index in [4.69, 9.17) is 11.6 Å². The van der Waals surface area contributed by atoms with E-state index in [1.165, 1.54) is 9.80 Å². The van der Waals surface area contributed by atoms with Gasteiger partial charge in [0, 0.05) is 26.7 Å². The van der Waals surface area contributed by atoms with E-state index in [-0.39, 0.29) is 35.4 Å². The van der Waals surface area contributed by atoms with Gasteiger partial charge in [0.1, 0.15) is 11.3 Å². The molecule has 114 valence electrons. The summed E-state index contributed by atoms with van der Waals surface area (Å²) < 4.78 is 0.